The number of carbonyl (C=O) groups excluding carboxylic acids is 2. The Bertz CT molecular complexity index is 466. The molecule has 1 saturated carbocycles. The van der Waals surface area contributed by atoms with Gasteiger partial charge in [0, 0.05) is 19.1 Å². The standard InChI is InChI=1S/C20H37NO3Si/c1-20(2,3)25(4,5)24-18(16-9-7-6-8-10-16)13-14-21-17(15-22)11-12-19(21)23/h15-18H,6-14H2,1-5H3/t17-,18+/m1/s1. The predicted octanol–water partition coefficient (Wildman–Crippen LogP) is 4.54. The summed E-state index contributed by atoms with van der Waals surface area (Å²) in [5.74, 6) is 0.738. The van der Waals surface area contributed by atoms with E-state index in [1.54, 1.807) is 4.90 Å². The van der Waals surface area contributed by atoms with Crippen LogP contribution in [0.25, 0.3) is 0 Å². The summed E-state index contributed by atoms with van der Waals surface area (Å²) >= 11 is 0. The van der Waals surface area contributed by atoms with Crippen LogP contribution >= 0.6 is 0 Å². The third-order valence-corrected chi connectivity index (χ3v) is 11.1. The first-order chi connectivity index (χ1) is 11.7. The second-order valence-electron chi connectivity index (χ2n) is 9.43. The highest BCUT2D eigenvalue weighted by Gasteiger charge is 2.41. The highest BCUT2D eigenvalue weighted by Crippen LogP contribution is 2.40. The molecule has 0 spiro atoms. The molecule has 0 radical (unpaired) electrons. The lowest BCUT2D eigenvalue weighted by Crippen LogP contribution is -2.47. The molecule has 25 heavy (non-hydrogen) atoms. The molecule has 2 aliphatic rings. The Hall–Kier alpha value is -0.683. The first kappa shape index (κ1) is 20.6. The molecule has 1 aliphatic carbocycles. The minimum Gasteiger partial charge on any atom is -0.414 e. The third-order valence-electron chi connectivity index (χ3n) is 6.61. The molecule has 2 atom stereocenters. The number of carbonyl (C=O) groups is 2. The number of likely N-dealkylation sites (tertiary alicyclic amines) is 1. The molecule has 0 bridgehead atoms. The first-order valence-corrected chi connectivity index (χ1v) is 13.0. The molecular weight excluding hydrogens is 330 g/mol. The fourth-order valence-electron chi connectivity index (χ4n) is 3.91. The van der Waals surface area contributed by atoms with Crippen molar-refractivity contribution in [3.63, 3.8) is 0 Å². The maximum atomic E-state index is 12.1. The topological polar surface area (TPSA) is 46.6 Å². The van der Waals surface area contributed by atoms with Crippen molar-refractivity contribution in [2.75, 3.05) is 6.54 Å². The van der Waals surface area contributed by atoms with Crippen molar-refractivity contribution < 1.29 is 14.0 Å². The van der Waals surface area contributed by atoms with E-state index in [2.05, 4.69) is 33.9 Å². The molecule has 1 heterocycles. The van der Waals surface area contributed by atoms with Gasteiger partial charge in [-0.3, -0.25) is 4.79 Å². The van der Waals surface area contributed by atoms with Gasteiger partial charge in [0.05, 0.1) is 6.04 Å². The van der Waals surface area contributed by atoms with Crippen molar-refractivity contribution in [1.82, 2.24) is 4.90 Å². The lowest BCUT2D eigenvalue weighted by molar-refractivity contribution is -0.131. The number of amides is 1. The maximum Gasteiger partial charge on any atom is 0.223 e. The van der Waals surface area contributed by atoms with Crippen molar-refractivity contribution in [3.05, 3.63) is 0 Å². The van der Waals surface area contributed by atoms with E-state index >= 15 is 0 Å². The SMILES string of the molecule is CC(C)(C)[Si](C)(C)O[C@@H](CCN1C(=O)CC[C@@H]1C=O)C1CCCCC1. The van der Waals surface area contributed by atoms with Gasteiger partial charge < -0.3 is 14.1 Å². The van der Waals surface area contributed by atoms with Crippen LogP contribution in [-0.2, 0) is 14.0 Å². The number of rotatable bonds is 7. The number of hydrogen-bond acceptors (Lipinski definition) is 3. The van der Waals surface area contributed by atoms with E-state index in [4.69, 9.17) is 4.43 Å². The summed E-state index contributed by atoms with van der Waals surface area (Å²) in [5.41, 5.74) is 0. The molecule has 0 unspecified atom stereocenters. The second-order valence-corrected chi connectivity index (χ2v) is 14.2. The van der Waals surface area contributed by atoms with Crippen LogP contribution in [0.15, 0.2) is 0 Å². The van der Waals surface area contributed by atoms with Crippen LogP contribution in [0, 0.1) is 5.92 Å². The molecule has 0 N–H and O–H groups in total. The van der Waals surface area contributed by atoms with Gasteiger partial charge in [-0.05, 0) is 49.7 Å². The molecule has 0 aromatic heterocycles. The van der Waals surface area contributed by atoms with Gasteiger partial charge in [-0.2, -0.15) is 0 Å². The highest BCUT2D eigenvalue weighted by molar-refractivity contribution is 6.74. The van der Waals surface area contributed by atoms with Gasteiger partial charge in [0.15, 0.2) is 8.32 Å². The van der Waals surface area contributed by atoms with E-state index < -0.39 is 8.32 Å². The maximum absolute atomic E-state index is 12.1. The van der Waals surface area contributed by atoms with E-state index in [0.717, 1.165) is 12.7 Å². The lowest BCUT2D eigenvalue weighted by atomic mass is 9.84. The Labute approximate surface area is 154 Å². The zero-order valence-electron chi connectivity index (χ0n) is 16.8. The van der Waals surface area contributed by atoms with Gasteiger partial charge in [0.1, 0.15) is 6.29 Å². The van der Waals surface area contributed by atoms with E-state index in [9.17, 15) is 9.59 Å². The number of nitrogens with zero attached hydrogens (tertiary/aromatic N) is 1. The van der Waals surface area contributed by atoms with Crippen LogP contribution in [0.5, 0.6) is 0 Å². The molecule has 0 aromatic rings. The smallest absolute Gasteiger partial charge is 0.223 e. The quantitative estimate of drug-likeness (QED) is 0.490. The molecule has 2 rings (SSSR count). The lowest BCUT2D eigenvalue weighted by Gasteiger charge is -2.43. The molecule has 144 valence electrons. The van der Waals surface area contributed by atoms with Gasteiger partial charge in [-0.1, -0.05) is 40.0 Å². The number of hydrogen-bond donors (Lipinski definition) is 0. The Morgan fingerprint density at radius 3 is 2.40 bits per heavy atom. The third kappa shape index (κ3) is 5.16. The van der Waals surface area contributed by atoms with E-state index in [-0.39, 0.29) is 23.1 Å². The monoisotopic (exact) mass is 367 g/mol. The molecule has 5 heteroatoms. The highest BCUT2D eigenvalue weighted by atomic mass is 28.4. The van der Waals surface area contributed by atoms with Gasteiger partial charge in [0.25, 0.3) is 0 Å². The van der Waals surface area contributed by atoms with Gasteiger partial charge in [0.2, 0.25) is 5.91 Å². The zero-order valence-corrected chi connectivity index (χ0v) is 17.8. The van der Waals surface area contributed by atoms with Crippen molar-refractivity contribution in [3.8, 4) is 0 Å². The molecule has 1 amide bonds. The van der Waals surface area contributed by atoms with Crippen LogP contribution < -0.4 is 0 Å². The fourth-order valence-corrected chi connectivity index (χ4v) is 5.33. The summed E-state index contributed by atoms with van der Waals surface area (Å²) in [4.78, 5) is 25.2. The van der Waals surface area contributed by atoms with Crippen molar-refractivity contribution in [2.45, 2.75) is 102 Å². The Morgan fingerprint density at radius 2 is 1.84 bits per heavy atom. The molecule has 4 nitrogen and oxygen atoms in total. The predicted molar refractivity (Wildman–Crippen MR) is 104 cm³/mol. The van der Waals surface area contributed by atoms with Crippen LogP contribution in [0.4, 0.5) is 0 Å². The Balaban J connectivity index is 2.06. The largest absolute Gasteiger partial charge is 0.414 e. The average Bonchev–Trinajstić information content (AvgIpc) is 2.91. The molecule has 1 saturated heterocycles. The van der Waals surface area contributed by atoms with Crippen molar-refractivity contribution in [2.24, 2.45) is 5.92 Å². The summed E-state index contributed by atoms with van der Waals surface area (Å²) in [6.45, 7) is 12.1. The van der Waals surface area contributed by atoms with E-state index in [1.165, 1.54) is 32.1 Å². The van der Waals surface area contributed by atoms with E-state index in [1.807, 2.05) is 0 Å². The number of aldehydes is 1. The summed E-state index contributed by atoms with van der Waals surface area (Å²) < 4.78 is 6.82. The Kier molecular flexibility index (Phi) is 6.88. The van der Waals surface area contributed by atoms with Crippen LogP contribution in [0.1, 0.15) is 72.1 Å². The normalized spacial score (nSPS) is 24.6. The summed E-state index contributed by atoms with van der Waals surface area (Å²) in [7, 11) is -1.84. The summed E-state index contributed by atoms with van der Waals surface area (Å²) in [6.07, 6.45) is 9.63. The van der Waals surface area contributed by atoms with E-state index in [0.29, 0.717) is 25.3 Å². The van der Waals surface area contributed by atoms with Gasteiger partial charge in [-0.25, -0.2) is 0 Å². The van der Waals surface area contributed by atoms with Gasteiger partial charge >= 0.3 is 0 Å². The van der Waals surface area contributed by atoms with Crippen LogP contribution in [0.3, 0.4) is 0 Å². The summed E-state index contributed by atoms with van der Waals surface area (Å²) in [5, 5.41) is 0.189. The molecule has 1 aliphatic heterocycles. The average molecular weight is 368 g/mol. The van der Waals surface area contributed by atoms with Crippen molar-refractivity contribution in [1.29, 1.82) is 0 Å². The minimum atomic E-state index is -1.84. The molecular formula is C20H37NO3Si. The minimum absolute atomic E-state index is 0.131. The van der Waals surface area contributed by atoms with Gasteiger partial charge in [-0.15, -0.1) is 0 Å². The first-order valence-electron chi connectivity index (χ1n) is 10.1. The molecule has 0 aromatic carbocycles. The Morgan fingerprint density at radius 1 is 1.20 bits per heavy atom. The molecule has 2 fully saturated rings. The zero-order chi connectivity index (χ0) is 18.7. The second kappa shape index (κ2) is 8.34. The van der Waals surface area contributed by atoms with Crippen LogP contribution in [0.2, 0.25) is 18.1 Å². The fraction of sp³-hybridized carbons (Fsp3) is 0.900. The van der Waals surface area contributed by atoms with Crippen molar-refractivity contribution >= 4 is 20.5 Å². The summed E-state index contributed by atoms with van der Waals surface area (Å²) in [6, 6.07) is -0.215. The van der Waals surface area contributed by atoms with Crippen LogP contribution in [-0.4, -0.2) is 44.1 Å².